The molecule has 1 aromatic carbocycles. The van der Waals surface area contributed by atoms with Crippen molar-refractivity contribution in [1.82, 2.24) is 5.16 Å². The molecule has 0 saturated heterocycles. The van der Waals surface area contributed by atoms with Gasteiger partial charge in [0.15, 0.2) is 5.82 Å². The van der Waals surface area contributed by atoms with Crippen molar-refractivity contribution in [2.24, 2.45) is 0 Å². The fourth-order valence-electron chi connectivity index (χ4n) is 1.46. The van der Waals surface area contributed by atoms with Crippen LogP contribution in [-0.2, 0) is 5.41 Å². The fraction of sp³-hybridized carbons (Fsp3) is 0.286. The second-order valence-electron chi connectivity index (χ2n) is 5.14. The van der Waals surface area contributed by atoms with E-state index in [-0.39, 0.29) is 5.41 Å². The molecule has 4 heteroatoms. The summed E-state index contributed by atoms with van der Waals surface area (Å²) in [5, 5.41) is 15.8. The van der Waals surface area contributed by atoms with E-state index in [1.165, 1.54) is 0 Å². The number of nitriles is 1. The zero-order chi connectivity index (χ0) is 13.2. The van der Waals surface area contributed by atoms with Gasteiger partial charge in [0.1, 0.15) is 5.76 Å². The summed E-state index contributed by atoms with van der Waals surface area (Å²) in [7, 11) is 0. The number of hydrogen-bond donors (Lipinski definition) is 1. The van der Waals surface area contributed by atoms with Crippen LogP contribution in [0.25, 0.3) is 0 Å². The molecule has 0 aliphatic rings. The lowest BCUT2D eigenvalue weighted by Gasteiger charge is -2.12. The molecule has 18 heavy (non-hydrogen) atoms. The molecule has 0 spiro atoms. The first kappa shape index (κ1) is 12.2. The highest BCUT2D eigenvalue weighted by Gasteiger charge is 2.19. The normalized spacial score (nSPS) is 11.0. The lowest BCUT2D eigenvalue weighted by Crippen LogP contribution is -2.09. The van der Waals surface area contributed by atoms with Crippen LogP contribution >= 0.6 is 0 Å². The number of aromatic nitrogens is 1. The SMILES string of the molecule is CC(C)(C)c1cc(Nc2ccc(C#N)cc2)no1. The summed E-state index contributed by atoms with van der Waals surface area (Å²) in [5.41, 5.74) is 1.45. The van der Waals surface area contributed by atoms with Gasteiger partial charge in [0.2, 0.25) is 0 Å². The average Bonchev–Trinajstić information content (AvgIpc) is 2.78. The first-order valence-electron chi connectivity index (χ1n) is 5.73. The van der Waals surface area contributed by atoms with Crippen LogP contribution in [0.15, 0.2) is 34.9 Å². The van der Waals surface area contributed by atoms with Crippen LogP contribution in [-0.4, -0.2) is 5.16 Å². The summed E-state index contributed by atoms with van der Waals surface area (Å²) >= 11 is 0. The zero-order valence-corrected chi connectivity index (χ0v) is 10.7. The van der Waals surface area contributed by atoms with Gasteiger partial charge in [-0.25, -0.2) is 0 Å². The molecule has 2 aromatic rings. The van der Waals surface area contributed by atoms with Crippen LogP contribution in [0.2, 0.25) is 0 Å². The molecule has 0 aliphatic heterocycles. The van der Waals surface area contributed by atoms with Crippen molar-refractivity contribution in [3.63, 3.8) is 0 Å². The Morgan fingerprint density at radius 3 is 2.39 bits per heavy atom. The molecule has 1 aromatic heterocycles. The topological polar surface area (TPSA) is 61.9 Å². The third-order valence-electron chi connectivity index (χ3n) is 2.54. The van der Waals surface area contributed by atoms with Crippen molar-refractivity contribution in [2.75, 3.05) is 5.32 Å². The van der Waals surface area contributed by atoms with Crippen LogP contribution in [0.1, 0.15) is 32.1 Å². The molecular formula is C14H15N3O. The van der Waals surface area contributed by atoms with Gasteiger partial charge in [0, 0.05) is 17.2 Å². The van der Waals surface area contributed by atoms with Gasteiger partial charge in [0.25, 0.3) is 0 Å². The Bertz CT molecular complexity index is 570. The molecule has 0 unspecified atom stereocenters. The van der Waals surface area contributed by atoms with E-state index in [1.807, 2.05) is 18.2 Å². The number of benzene rings is 1. The maximum Gasteiger partial charge on any atom is 0.174 e. The molecule has 0 amide bonds. The highest BCUT2D eigenvalue weighted by Crippen LogP contribution is 2.25. The van der Waals surface area contributed by atoms with Crippen molar-refractivity contribution >= 4 is 11.5 Å². The monoisotopic (exact) mass is 241 g/mol. The van der Waals surface area contributed by atoms with Crippen LogP contribution in [0.4, 0.5) is 11.5 Å². The number of nitrogens with zero attached hydrogens (tertiary/aromatic N) is 2. The first-order chi connectivity index (χ1) is 8.49. The van der Waals surface area contributed by atoms with E-state index in [9.17, 15) is 0 Å². The van der Waals surface area contributed by atoms with Gasteiger partial charge in [-0.2, -0.15) is 5.26 Å². The molecule has 1 heterocycles. The number of hydrogen-bond acceptors (Lipinski definition) is 4. The van der Waals surface area contributed by atoms with E-state index in [0.717, 1.165) is 11.4 Å². The summed E-state index contributed by atoms with van der Waals surface area (Å²) in [6.45, 7) is 6.21. The van der Waals surface area contributed by atoms with Crippen molar-refractivity contribution in [1.29, 1.82) is 5.26 Å². The number of rotatable bonds is 2. The number of nitrogens with one attached hydrogen (secondary N) is 1. The minimum absolute atomic E-state index is 0.0579. The van der Waals surface area contributed by atoms with Gasteiger partial charge in [-0.05, 0) is 24.3 Å². The Balaban J connectivity index is 2.14. The summed E-state index contributed by atoms with van der Waals surface area (Å²) < 4.78 is 5.28. The van der Waals surface area contributed by atoms with Crippen molar-refractivity contribution in [3.8, 4) is 6.07 Å². The van der Waals surface area contributed by atoms with Crippen molar-refractivity contribution in [2.45, 2.75) is 26.2 Å². The molecule has 0 saturated carbocycles. The maximum absolute atomic E-state index is 8.71. The molecule has 1 N–H and O–H groups in total. The Morgan fingerprint density at radius 1 is 1.22 bits per heavy atom. The van der Waals surface area contributed by atoms with Crippen molar-refractivity contribution in [3.05, 3.63) is 41.7 Å². The molecule has 0 atom stereocenters. The molecule has 2 rings (SSSR count). The molecule has 0 aliphatic carbocycles. The van der Waals surface area contributed by atoms with Gasteiger partial charge in [0.05, 0.1) is 11.6 Å². The van der Waals surface area contributed by atoms with Gasteiger partial charge >= 0.3 is 0 Å². The average molecular weight is 241 g/mol. The number of anilines is 2. The van der Waals surface area contributed by atoms with E-state index in [4.69, 9.17) is 9.78 Å². The largest absolute Gasteiger partial charge is 0.359 e. The zero-order valence-electron chi connectivity index (χ0n) is 10.7. The Labute approximate surface area is 106 Å². The minimum atomic E-state index is -0.0579. The van der Waals surface area contributed by atoms with Crippen LogP contribution in [0, 0.1) is 11.3 Å². The van der Waals surface area contributed by atoms with E-state index in [2.05, 4.69) is 37.3 Å². The standard InChI is InChI=1S/C14H15N3O/c1-14(2,3)12-8-13(17-18-12)16-11-6-4-10(9-15)5-7-11/h4-8H,1-3H3,(H,16,17). The third-order valence-corrected chi connectivity index (χ3v) is 2.54. The van der Waals surface area contributed by atoms with Gasteiger partial charge in [-0.1, -0.05) is 25.9 Å². The minimum Gasteiger partial charge on any atom is -0.359 e. The maximum atomic E-state index is 8.71. The van der Waals surface area contributed by atoms with Gasteiger partial charge < -0.3 is 9.84 Å². The third kappa shape index (κ3) is 2.69. The first-order valence-corrected chi connectivity index (χ1v) is 5.73. The van der Waals surface area contributed by atoms with E-state index >= 15 is 0 Å². The molecule has 0 fully saturated rings. The van der Waals surface area contributed by atoms with Crippen LogP contribution < -0.4 is 5.32 Å². The lowest BCUT2D eigenvalue weighted by molar-refractivity contribution is 0.331. The summed E-state index contributed by atoms with van der Waals surface area (Å²) in [4.78, 5) is 0. The Morgan fingerprint density at radius 2 is 1.89 bits per heavy atom. The quantitative estimate of drug-likeness (QED) is 0.872. The second kappa shape index (κ2) is 4.53. The fourth-order valence-corrected chi connectivity index (χ4v) is 1.46. The predicted molar refractivity (Wildman–Crippen MR) is 69.6 cm³/mol. The van der Waals surface area contributed by atoms with E-state index in [1.54, 1.807) is 12.1 Å². The van der Waals surface area contributed by atoms with E-state index < -0.39 is 0 Å². The van der Waals surface area contributed by atoms with Crippen LogP contribution in [0.5, 0.6) is 0 Å². The van der Waals surface area contributed by atoms with Gasteiger partial charge in [-0.15, -0.1) is 0 Å². The summed E-state index contributed by atoms with van der Waals surface area (Å²) in [6.07, 6.45) is 0. The second-order valence-corrected chi connectivity index (χ2v) is 5.14. The highest BCUT2D eigenvalue weighted by molar-refractivity contribution is 5.57. The molecular weight excluding hydrogens is 226 g/mol. The van der Waals surface area contributed by atoms with Gasteiger partial charge in [-0.3, -0.25) is 0 Å². The molecule has 4 nitrogen and oxygen atoms in total. The summed E-state index contributed by atoms with van der Waals surface area (Å²) in [5.74, 6) is 1.50. The molecule has 0 bridgehead atoms. The van der Waals surface area contributed by atoms with E-state index in [0.29, 0.717) is 11.4 Å². The van der Waals surface area contributed by atoms with Crippen LogP contribution in [0.3, 0.4) is 0 Å². The Kier molecular flexibility index (Phi) is 3.07. The predicted octanol–water partition coefficient (Wildman–Crippen LogP) is 3.59. The highest BCUT2D eigenvalue weighted by atomic mass is 16.5. The van der Waals surface area contributed by atoms with Crippen molar-refractivity contribution < 1.29 is 4.52 Å². The smallest absolute Gasteiger partial charge is 0.174 e. The molecule has 92 valence electrons. The Hall–Kier alpha value is -2.28. The molecule has 0 radical (unpaired) electrons. The lowest BCUT2D eigenvalue weighted by atomic mass is 9.93. The summed E-state index contributed by atoms with van der Waals surface area (Å²) in [6, 6.07) is 11.2.